The van der Waals surface area contributed by atoms with E-state index in [0.717, 1.165) is 19.3 Å². The van der Waals surface area contributed by atoms with Crippen LogP contribution in [0.25, 0.3) is 0 Å². The number of hydrogen-bond acceptors (Lipinski definition) is 2. The molecule has 0 aromatic carbocycles. The predicted molar refractivity (Wildman–Crippen MR) is 63.2 cm³/mol. The van der Waals surface area contributed by atoms with Gasteiger partial charge >= 0.3 is 0 Å². The fraction of sp³-hybridized carbons (Fsp3) is 0.667. The summed E-state index contributed by atoms with van der Waals surface area (Å²) in [5.41, 5.74) is 1.59. The van der Waals surface area contributed by atoms with Crippen molar-refractivity contribution in [2.24, 2.45) is 5.92 Å². The third kappa shape index (κ3) is 7.91. The molecule has 0 fully saturated rings. The molecule has 0 rings (SSSR count). The molecule has 0 spiro atoms. The van der Waals surface area contributed by atoms with Crippen LogP contribution in [-0.4, -0.2) is 4.92 Å². The third-order valence-corrected chi connectivity index (χ3v) is 2.32. The van der Waals surface area contributed by atoms with Gasteiger partial charge in [0, 0.05) is 6.92 Å². The maximum absolute atomic E-state index is 10.3. The van der Waals surface area contributed by atoms with Gasteiger partial charge in [-0.2, -0.15) is 0 Å². The van der Waals surface area contributed by atoms with Crippen molar-refractivity contribution in [2.75, 3.05) is 0 Å². The van der Waals surface area contributed by atoms with E-state index in [-0.39, 0.29) is 10.6 Å². The standard InChI is InChI=1S/C12H21NO2/c1-10(2)6-5-7-11(3)8-9-12(4)13(14)15/h6,9,11H,5,7-8H2,1-4H3. The van der Waals surface area contributed by atoms with Crippen LogP contribution in [0.15, 0.2) is 23.4 Å². The van der Waals surface area contributed by atoms with Crippen molar-refractivity contribution in [1.29, 1.82) is 0 Å². The van der Waals surface area contributed by atoms with Crippen molar-refractivity contribution in [2.45, 2.75) is 47.0 Å². The molecule has 1 atom stereocenters. The summed E-state index contributed by atoms with van der Waals surface area (Å²) < 4.78 is 0. The number of allylic oxidation sites excluding steroid dienone is 4. The van der Waals surface area contributed by atoms with Gasteiger partial charge in [-0.05, 0) is 45.1 Å². The molecule has 0 saturated heterocycles. The Kier molecular flexibility index (Phi) is 6.67. The van der Waals surface area contributed by atoms with E-state index in [9.17, 15) is 10.1 Å². The van der Waals surface area contributed by atoms with Gasteiger partial charge in [0.15, 0.2) is 0 Å². The zero-order valence-electron chi connectivity index (χ0n) is 10.1. The van der Waals surface area contributed by atoms with Crippen molar-refractivity contribution < 1.29 is 4.92 Å². The van der Waals surface area contributed by atoms with E-state index in [1.54, 1.807) is 13.0 Å². The second kappa shape index (κ2) is 7.21. The van der Waals surface area contributed by atoms with Crippen LogP contribution in [0, 0.1) is 16.0 Å². The first-order valence-electron chi connectivity index (χ1n) is 5.38. The van der Waals surface area contributed by atoms with Crippen molar-refractivity contribution >= 4 is 0 Å². The molecular formula is C12H21NO2. The van der Waals surface area contributed by atoms with E-state index < -0.39 is 0 Å². The highest BCUT2D eigenvalue weighted by molar-refractivity contribution is 4.93. The molecule has 3 heteroatoms. The zero-order chi connectivity index (χ0) is 11.8. The van der Waals surface area contributed by atoms with Crippen molar-refractivity contribution in [3.63, 3.8) is 0 Å². The summed E-state index contributed by atoms with van der Waals surface area (Å²) in [6.45, 7) is 7.84. The average molecular weight is 211 g/mol. The van der Waals surface area contributed by atoms with Crippen molar-refractivity contribution in [1.82, 2.24) is 0 Å². The van der Waals surface area contributed by atoms with Crippen LogP contribution in [0.4, 0.5) is 0 Å². The molecule has 86 valence electrons. The minimum absolute atomic E-state index is 0.254. The maximum Gasteiger partial charge on any atom is 0.239 e. The third-order valence-electron chi connectivity index (χ3n) is 2.32. The minimum Gasteiger partial charge on any atom is -0.259 e. The predicted octanol–water partition coefficient (Wildman–Crippen LogP) is 3.94. The number of rotatable bonds is 6. The zero-order valence-corrected chi connectivity index (χ0v) is 10.1. The summed E-state index contributed by atoms with van der Waals surface area (Å²) in [5.74, 6) is 0.510. The maximum atomic E-state index is 10.3. The lowest BCUT2D eigenvalue weighted by molar-refractivity contribution is -0.424. The molecule has 0 bridgehead atoms. The molecule has 3 nitrogen and oxygen atoms in total. The van der Waals surface area contributed by atoms with E-state index >= 15 is 0 Å². The van der Waals surface area contributed by atoms with E-state index in [1.807, 2.05) is 0 Å². The van der Waals surface area contributed by atoms with Crippen LogP contribution in [-0.2, 0) is 0 Å². The van der Waals surface area contributed by atoms with E-state index in [2.05, 4.69) is 26.8 Å². The van der Waals surface area contributed by atoms with Gasteiger partial charge in [0.1, 0.15) is 0 Å². The molecule has 0 saturated carbocycles. The Labute approximate surface area is 92.0 Å². The summed E-state index contributed by atoms with van der Waals surface area (Å²) in [4.78, 5) is 10.0. The minimum atomic E-state index is -0.331. The van der Waals surface area contributed by atoms with E-state index in [4.69, 9.17) is 0 Å². The van der Waals surface area contributed by atoms with Crippen molar-refractivity contribution in [3.05, 3.63) is 33.5 Å². The van der Waals surface area contributed by atoms with Gasteiger partial charge in [-0.25, -0.2) is 0 Å². The molecule has 0 aliphatic rings. The molecule has 0 N–H and O–H groups in total. The fourth-order valence-corrected chi connectivity index (χ4v) is 1.22. The monoisotopic (exact) mass is 211 g/mol. The van der Waals surface area contributed by atoms with Gasteiger partial charge in [-0.1, -0.05) is 18.6 Å². The smallest absolute Gasteiger partial charge is 0.239 e. The Balaban J connectivity index is 3.85. The summed E-state index contributed by atoms with van der Waals surface area (Å²) in [7, 11) is 0. The second-order valence-electron chi connectivity index (χ2n) is 4.30. The first-order chi connectivity index (χ1) is 6.93. The highest BCUT2D eigenvalue weighted by atomic mass is 16.6. The van der Waals surface area contributed by atoms with Gasteiger partial charge < -0.3 is 0 Å². The topological polar surface area (TPSA) is 43.1 Å². The molecule has 0 aliphatic heterocycles. The van der Waals surface area contributed by atoms with Crippen LogP contribution in [0.2, 0.25) is 0 Å². The Morgan fingerprint density at radius 2 is 1.93 bits per heavy atom. The number of nitrogens with zero attached hydrogens (tertiary/aromatic N) is 1. The van der Waals surface area contributed by atoms with Crippen LogP contribution >= 0.6 is 0 Å². The lowest BCUT2D eigenvalue weighted by atomic mass is 10.0. The Bertz CT molecular complexity index is 263. The summed E-state index contributed by atoms with van der Waals surface area (Å²) in [6.07, 6.45) is 6.87. The first kappa shape index (κ1) is 13.9. The molecule has 1 unspecified atom stereocenters. The molecule has 0 aromatic heterocycles. The highest BCUT2D eigenvalue weighted by Gasteiger charge is 2.04. The molecule has 0 aromatic rings. The Hall–Kier alpha value is -1.12. The van der Waals surface area contributed by atoms with Crippen LogP contribution in [0.1, 0.15) is 47.0 Å². The van der Waals surface area contributed by atoms with E-state index in [1.165, 1.54) is 5.57 Å². The van der Waals surface area contributed by atoms with Gasteiger partial charge in [0.05, 0.1) is 4.92 Å². The fourth-order valence-electron chi connectivity index (χ4n) is 1.22. The van der Waals surface area contributed by atoms with E-state index in [0.29, 0.717) is 5.92 Å². The normalized spacial score (nSPS) is 13.5. The van der Waals surface area contributed by atoms with Gasteiger partial charge in [-0.15, -0.1) is 0 Å². The largest absolute Gasteiger partial charge is 0.259 e. The molecule has 0 aliphatic carbocycles. The lowest BCUT2D eigenvalue weighted by Gasteiger charge is -2.05. The Morgan fingerprint density at radius 1 is 1.33 bits per heavy atom. The summed E-state index contributed by atoms with van der Waals surface area (Å²) in [6, 6.07) is 0. The average Bonchev–Trinajstić information content (AvgIpc) is 2.13. The van der Waals surface area contributed by atoms with Crippen LogP contribution in [0.5, 0.6) is 0 Å². The first-order valence-corrected chi connectivity index (χ1v) is 5.38. The SMILES string of the molecule is CC(C)=CCCC(C)CC=C(C)[N+](=O)[O-]. The molecule has 0 heterocycles. The van der Waals surface area contributed by atoms with Crippen LogP contribution < -0.4 is 0 Å². The second-order valence-corrected chi connectivity index (χ2v) is 4.30. The van der Waals surface area contributed by atoms with Gasteiger partial charge in [0.2, 0.25) is 5.70 Å². The molecule has 15 heavy (non-hydrogen) atoms. The summed E-state index contributed by atoms with van der Waals surface area (Å²) >= 11 is 0. The van der Waals surface area contributed by atoms with Crippen LogP contribution in [0.3, 0.4) is 0 Å². The molecule has 0 amide bonds. The highest BCUT2D eigenvalue weighted by Crippen LogP contribution is 2.13. The number of nitro groups is 1. The lowest BCUT2D eigenvalue weighted by Crippen LogP contribution is -1.97. The molecule has 0 radical (unpaired) electrons. The van der Waals surface area contributed by atoms with Crippen molar-refractivity contribution in [3.8, 4) is 0 Å². The summed E-state index contributed by atoms with van der Waals surface area (Å²) in [5, 5.41) is 10.3. The number of hydrogen-bond donors (Lipinski definition) is 0. The molecular weight excluding hydrogens is 190 g/mol. The Morgan fingerprint density at radius 3 is 2.40 bits per heavy atom. The quantitative estimate of drug-likeness (QED) is 0.379. The van der Waals surface area contributed by atoms with Gasteiger partial charge in [0.25, 0.3) is 0 Å². The van der Waals surface area contributed by atoms with Gasteiger partial charge in [-0.3, -0.25) is 10.1 Å².